The molecule has 1 unspecified atom stereocenters. The molecule has 0 bridgehead atoms. The van der Waals surface area contributed by atoms with Crippen molar-refractivity contribution >= 4 is 0 Å². The fourth-order valence-electron chi connectivity index (χ4n) is 0.680. The molecule has 11 heavy (non-hydrogen) atoms. The molecule has 1 aliphatic rings. The lowest BCUT2D eigenvalue weighted by Crippen LogP contribution is -2.23. The van der Waals surface area contributed by atoms with E-state index in [9.17, 15) is 0 Å². The van der Waals surface area contributed by atoms with Gasteiger partial charge in [0.1, 0.15) is 6.26 Å². The molecular weight excluding hydrogens is 152 g/mol. The van der Waals surface area contributed by atoms with Crippen molar-refractivity contribution in [1.29, 1.82) is 0 Å². The van der Waals surface area contributed by atoms with Crippen molar-refractivity contribution < 1.29 is 25.2 Å². The van der Waals surface area contributed by atoms with Gasteiger partial charge in [0.15, 0.2) is 17.6 Å². The predicted molar refractivity (Wildman–Crippen MR) is 35.0 cm³/mol. The SMILES string of the molecule is OCC1OC=C(O)C(O)=C1O. The maximum absolute atomic E-state index is 8.95. The van der Waals surface area contributed by atoms with E-state index in [1.807, 2.05) is 0 Å². The van der Waals surface area contributed by atoms with Gasteiger partial charge in [-0.2, -0.15) is 0 Å². The van der Waals surface area contributed by atoms with Gasteiger partial charge in [-0.05, 0) is 0 Å². The van der Waals surface area contributed by atoms with E-state index in [0.717, 1.165) is 6.26 Å². The standard InChI is InChI=1S/C6H8O5/c7-1-4-6(10)5(9)3(8)2-11-4/h2,4,7-10H,1H2. The molecule has 1 aliphatic heterocycles. The molecule has 0 spiro atoms. The Bertz CT molecular complexity index is 217. The monoisotopic (exact) mass is 160 g/mol. The summed E-state index contributed by atoms with van der Waals surface area (Å²) < 4.78 is 4.59. The molecule has 62 valence electrons. The summed E-state index contributed by atoms with van der Waals surface area (Å²) in [5, 5.41) is 35.1. The highest BCUT2D eigenvalue weighted by Gasteiger charge is 2.24. The Balaban J connectivity index is 2.88. The van der Waals surface area contributed by atoms with E-state index >= 15 is 0 Å². The van der Waals surface area contributed by atoms with E-state index in [0.29, 0.717) is 0 Å². The zero-order chi connectivity index (χ0) is 8.43. The smallest absolute Gasteiger partial charge is 0.203 e. The van der Waals surface area contributed by atoms with Gasteiger partial charge in [0.2, 0.25) is 5.76 Å². The number of aliphatic hydroxyl groups excluding tert-OH is 4. The number of hydrogen-bond acceptors (Lipinski definition) is 5. The molecule has 0 fully saturated rings. The molecular formula is C6H8O5. The Hall–Kier alpha value is -1.36. The Morgan fingerprint density at radius 1 is 1.36 bits per heavy atom. The van der Waals surface area contributed by atoms with Crippen molar-refractivity contribution in [2.24, 2.45) is 0 Å². The Morgan fingerprint density at radius 2 is 2.00 bits per heavy atom. The van der Waals surface area contributed by atoms with Gasteiger partial charge < -0.3 is 25.2 Å². The first-order chi connectivity index (χ1) is 5.16. The van der Waals surface area contributed by atoms with Gasteiger partial charge in [-0.1, -0.05) is 0 Å². The predicted octanol–water partition coefficient (Wildman–Crippen LogP) is 0.105. The van der Waals surface area contributed by atoms with Crippen molar-refractivity contribution in [2.75, 3.05) is 6.61 Å². The van der Waals surface area contributed by atoms with Crippen molar-refractivity contribution in [2.45, 2.75) is 6.10 Å². The van der Waals surface area contributed by atoms with Crippen LogP contribution in [0.15, 0.2) is 23.5 Å². The molecule has 1 heterocycles. The second kappa shape index (κ2) is 2.71. The van der Waals surface area contributed by atoms with Crippen molar-refractivity contribution in [1.82, 2.24) is 0 Å². The summed E-state index contributed by atoms with van der Waals surface area (Å²) in [5.41, 5.74) is 0. The molecule has 0 aromatic carbocycles. The van der Waals surface area contributed by atoms with Crippen LogP contribution in [0.3, 0.4) is 0 Å². The minimum atomic E-state index is -0.981. The zero-order valence-electron chi connectivity index (χ0n) is 5.56. The molecule has 0 aromatic heterocycles. The van der Waals surface area contributed by atoms with Gasteiger partial charge in [-0.25, -0.2) is 0 Å². The van der Waals surface area contributed by atoms with Gasteiger partial charge >= 0.3 is 0 Å². The van der Waals surface area contributed by atoms with Crippen LogP contribution in [0.4, 0.5) is 0 Å². The first-order valence-corrected chi connectivity index (χ1v) is 2.94. The normalized spacial score (nSPS) is 24.5. The Morgan fingerprint density at radius 3 is 2.55 bits per heavy atom. The van der Waals surface area contributed by atoms with Crippen LogP contribution in [0.25, 0.3) is 0 Å². The topological polar surface area (TPSA) is 90.2 Å². The molecule has 5 nitrogen and oxygen atoms in total. The maximum atomic E-state index is 8.95. The first kappa shape index (κ1) is 7.74. The van der Waals surface area contributed by atoms with E-state index in [1.54, 1.807) is 0 Å². The maximum Gasteiger partial charge on any atom is 0.203 e. The summed E-state index contributed by atoms with van der Waals surface area (Å²) >= 11 is 0. The average Bonchev–Trinajstić information content (AvgIpc) is 2.01. The molecule has 1 rings (SSSR count). The fourth-order valence-corrected chi connectivity index (χ4v) is 0.680. The summed E-state index contributed by atoms with van der Waals surface area (Å²) in [5.74, 6) is -1.77. The highest BCUT2D eigenvalue weighted by atomic mass is 16.5. The molecule has 0 aliphatic carbocycles. The van der Waals surface area contributed by atoms with Crippen LogP contribution >= 0.6 is 0 Å². The largest absolute Gasteiger partial charge is 0.505 e. The van der Waals surface area contributed by atoms with Crippen LogP contribution in [0.2, 0.25) is 0 Å². The van der Waals surface area contributed by atoms with Crippen molar-refractivity contribution in [3.8, 4) is 0 Å². The lowest BCUT2D eigenvalue weighted by atomic mass is 10.2. The van der Waals surface area contributed by atoms with Crippen LogP contribution in [-0.4, -0.2) is 33.1 Å². The van der Waals surface area contributed by atoms with Gasteiger partial charge in [-0.3, -0.25) is 0 Å². The van der Waals surface area contributed by atoms with Crippen LogP contribution in [0.1, 0.15) is 0 Å². The van der Waals surface area contributed by atoms with E-state index in [2.05, 4.69) is 4.74 Å². The molecule has 0 amide bonds. The number of ether oxygens (including phenoxy) is 1. The molecule has 0 saturated heterocycles. The lowest BCUT2D eigenvalue weighted by molar-refractivity contribution is 0.0478. The van der Waals surface area contributed by atoms with Crippen LogP contribution < -0.4 is 0 Å². The first-order valence-electron chi connectivity index (χ1n) is 2.94. The summed E-state index contributed by atoms with van der Waals surface area (Å²) in [7, 11) is 0. The third kappa shape index (κ3) is 1.22. The fraction of sp³-hybridized carbons (Fsp3) is 0.333. The summed E-state index contributed by atoms with van der Waals surface area (Å²) in [6, 6.07) is 0. The number of rotatable bonds is 1. The second-order valence-electron chi connectivity index (χ2n) is 2.04. The molecule has 0 radical (unpaired) electrons. The van der Waals surface area contributed by atoms with Crippen LogP contribution in [-0.2, 0) is 4.74 Å². The minimum Gasteiger partial charge on any atom is -0.505 e. The minimum absolute atomic E-state index is 0.459. The van der Waals surface area contributed by atoms with Gasteiger partial charge in [0.25, 0.3) is 0 Å². The van der Waals surface area contributed by atoms with Crippen LogP contribution in [0, 0.1) is 0 Å². The summed E-state index contributed by atoms with van der Waals surface area (Å²) in [6.45, 7) is -0.459. The van der Waals surface area contributed by atoms with E-state index in [-0.39, 0.29) is 0 Å². The van der Waals surface area contributed by atoms with Gasteiger partial charge in [0.05, 0.1) is 6.61 Å². The van der Waals surface area contributed by atoms with E-state index < -0.39 is 30.0 Å². The molecule has 0 saturated carbocycles. The number of hydrogen-bond donors (Lipinski definition) is 4. The highest BCUT2D eigenvalue weighted by molar-refractivity contribution is 5.24. The summed E-state index contributed by atoms with van der Waals surface area (Å²) in [4.78, 5) is 0. The summed E-state index contributed by atoms with van der Waals surface area (Å²) in [6.07, 6.45) is -0.124. The Kier molecular flexibility index (Phi) is 1.91. The van der Waals surface area contributed by atoms with E-state index in [4.69, 9.17) is 20.4 Å². The van der Waals surface area contributed by atoms with Crippen molar-refractivity contribution in [3.05, 3.63) is 23.5 Å². The third-order valence-corrected chi connectivity index (χ3v) is 1.30. The Labute approximate surface area is 62.5 Å². The van der Waals surface area contributed by atoms with Crippen LogP contribution in [0.5, 0.6) is 0 Å². The molecule has 4 N–H and O–H groups in total. The molecule has 0 aromatic rings. The third-order valence-electron chi connectivity index (χ3n) is 1.30. The van der Waals surface area contributed by atoms with E-state index in [1.165, 1.54) is 0 Å². The quantitative estimate of drug-likeness (QED) is 0.437. The highest BCUT2D eigenvalue weighted by Crippen LogP contribution is 2.18. The molecule has 1 atom stereocenters. The second-order valence-corrected chi connectivity index (χ2v) is 2.04. The van der Waals surface area contributed by atoms with Crippen molar-refractivity contribution in [3.63, 3.8) is 0 Å². The average molecular weight is 160 g/mol. The zero-order valence-corrected chi connectivity index (χ0v) is 5.56. The van der Waals surface area contributed by atoms with Gasteiger partial charge in [-0.15, -0.1) is 0 Å². The van der Waals surface area contributed by atoms with Gasteiger partial charge in [0, 0.05) is 0 Å². The number of aliphatic hydroxyl groups is 4. The lowest BCUT2D eigenvalue weighted by Gasteiger charge is -2.18. The molecule has 5 heteroatoms.